The van der Waals surface area contributed by atoms with E-state index in [1.807, 2.05) is 42.5 Å². The molecule has 0 saturated heterocycles. The van der Waals surface area contributed by atoms with Crippen LogP contribution < -0.4 is 0 Å². The molecule has 0 N–H and O–H groups in total. The maximum Gasteiger partial charge on any atom is 0.164 e. The Kier molecular flexibility index (Phi) is 7.66. The van der Waals surface area contributed by atoms with E-state index in [9.17, 15) is 0 Å². The fourth-order valence-corrected chi connectivity index (χ4v) is 7.49. The summed E-state index contributed by atoms with van der Waals surface area (Å²) < 4.78 is 6.52. The summed E-state index contributed by atoms with van der Waals surface area (Å²) in [7, 11) is 0. The van der Waals surface area contributed by atoms with Crippen LogP contribution in [0.4, 0.5) is 0 Å². The molecule has 2 aromatic heterocycles. The van der Waals surface area contributed by atoms with Gasteiger partial charge in [0.15, 0.2) is 17.5 Å². The number of aromatic nitrogens is 3. The van der Waals surface area contributed by atoms with E-state index >= 15 is 0 Å². The normalized spacial score (nSPS) is 11.4. The lowest BCUT2D eigenvalue weighted by Crippen LogP contribution is -2.00. The second-order valence-electron chi connectivity index (χ2n) is 13.7. The van der Waals surface area contributed by atoms with Crippen molar-refractivity contribution in [3.63, 3.8) is 0 Å². The Balaban J connectivity index is 1.04. The highest BCUT2D eigenvalue weighted by Crippen LogP contribution is 2.39. The van der Waals surface area contributed by atoms with Crippen molar-refractivity contribution in [1.29, 1.82) is 0 Å². The lowest BCUT2D eigenvalue weighted by molar-refractivity contribution is 0.669. The van der Waals surface area contributed by atoms with Crippen molar-refractivity contribution in [2.24, 2.45) is 0 Å². The summed E-state index contributed by atoms with van der Waals surface area (Å²) in [6.45, 7) is 2.17. The van der Waals surface area contributed by atoms with Gasteiger partial charge in [0.1, 0.15) is 11.2 Å². The van der Waals surface area contributed by atoms with Crippen LogP contribution in [0, 0.1) is 6.92 Å². The van der Waals surface area contributed by atoms with Crippen LogP contribution in [0.5, 0.6) is 0 Å². The molecule has 0 saturated carbocycles. The Morgan fingerprint density at radius 1 is 0.352 bits per heavy atom. The molecule has 54 heavy (non-hydrogen) atoms. The molecule has 0 amide bonds. The van der Waals surface area contributed by atoms with Gasteiger partial charge in [-0.25, -0.2) is 15.0 Å². The molecule has 0 aliphatic rings. The van der Waals surface area contributed by atoms with Crippen molar-refractivity contribution in [3.8, 4) is 67.5 Å². The van der Waals surface area contributed by atoms with Gasteiger partial charge in [-0.2, -0.15) is 0 Å². The number of nitrogens with zero attached hydrogens (tertiary/aromatic N) is 3. The molecule has 8 aromatic carbocycles. The fourth-order valence-electron chi connectivity index (χ4n) is 7.49. The third-order valence-corrected chi connectivity index (χ3v) is 10.3. The molecule has 0 spiro atoms. The predicted octanol–water partition coefficient (Wildman–Crippen LogP) is 13.2. The monoisotopic (exact) mass is 691 g/mol. The quantitative estimate of drug-likeness (QED) is 0.174. The van der Waals surface area contributed by atoms with Crippen LogP contribution in [0.2, 0.25) is 0 Å². The zero-order valence-electron chi connectivity index (χ0n) is 29.6. The summed E-state index contributed by atoms with van der Waals surface area (Å²) in [4.78, 5) is 15.0. The molecule has 0 atom stereocenters. The smallest absolute Gasteiger partial charge is 0.164 e. The summed E-state index contributed by atoms with van der Waals surface area (Å²) in [5, 5.41) is 4.62. The van der Waals surface area contributed by atoms with E-state index in [1.165, 1.54) is 33.0 Å². The maximum atomic E-state index is 6.52. The molecule has 0 aliphatic heterocycles. The number of hydrogen-bond donors (Lipinski definition) is 0. The molecule has 10 rings (SSSR count). The first-order valence-corrected chi connectivity index (χ1v) is 18.2. The Bertz CT molecular complexity index is 2970. The summed E-state index contributed by atoms with van der Waals surface area (Å²) >= 11 is 0. The van der Waals surface area contributed by atoms with Crippen molar-refractivity contribution in [2.45, 2.75) is 6.92 Å². The van der Waals surface area contributed by atoms with Gasteiger partial charge < -0.3 is 4.42 Å². The molecule has 0 radical (unpaired) electrons. The summed E-state index contributed by atoms with van der Waals surface area (Å²) in [5.74, 6) is 1.83. The van der Waals surface area contributed by atoms with Gasteiger partial charge >= 0.3 is 0 Å². The van der Waals surface area contributed by atoms with Crippen molar-refractivity contribution >= 4 is 32.7 Å². The molecule has 4 heteroatoms. The Morgan fingerprint density at radius 2 is 0.852 bits per heavy atom. The van der Waals surface area contributed by atoms with Crippen molar-refractivity contribution in [3.05, 3.63) is 188 Å². The second kappa shape index (κ2) is 13.1. The zero-order valence-corrected chi connectivity index (χ0v) is 29.6. The first-order chi connectivity index (χ1) is 26.6. The molecular formula is C50H33N3O. The van der Waals surface area contributed by atoms with E-state index in [0.717, 1.165) is 55.3 Å². The zero-order chi connectivity index (χ0) is 36.0. The number of hydrogen-bond acceptors (Lipinski definition) is 4. The first kappa shape index (κ1) is 31.6. The van der Waals surface area contributed by atoms with Gasteiger partial charge in [-0.05, 0) is 80.9 Å². The van der Waals surface area contributed by atoms with E-state index in [0.29, 0.717) is 17.5 Å². The third-order valence-electron chi connectivity index (χ3n) is 10.3. The van der Waals surface area contributed by atoms with Crippen LogP contribution in [-0.4, -0.2) is 15.0 Å². The van der Waals surface area contributed by atoms with Crippen LogP contribution in [0.1, 0.15) is 5.56 Å². The van der Waals surface area contributed by atoms with Gasteiger partial charge in [-0.15, -0.1) is 0 Å². The van der Waals surface area contributed by atoms with Crippen LogP contribution in [-0.2, 0) is 0 Å². The molecule has 0 unspecified atom stereocenters. The first-order valence-electron chi connectivity index (χ1n) is 18.2. The lowest BCUT2D eigenvalue weighted by Gasteiger charge is -2.11. The SMILES string of the molecule is Cc1cc2ccccc2cc1-c1ccc(-c2nc(-c3ccccc3)nc(-c3ccc4c(c3)oc3cccc(-c5ccc(-c6ccccc6)cc5)c34)n2)cc1. The minimum absolute atomic E-state index is 0.590. The van der Waals surface area contributed by atoms with E-state index in [4.69, 9.17) is 19.4 Å². The number of aryl methyl sites for hydroxylation is 1. The number of benzene rings is 8. The van der Waals surface area contributed by atoms with Crippen LogP contribution in [0.25, 0.3) is 100 Å². The molecule has 2 heterocycles. The molecule has 0 aliphatic carbocycles. The average molecular weight is 692 g/mol. The van der Waals surface area contributed by atoms with Gasteiger partial charge in [0.05, 0.1) is 0 Å². The van der Waals surface area contributed by atoms with Crippen LogP contribution >= 0.6 is 0 Å². The molecule has 0 bridgehead atoms. The largest absolute Gasteiger partial charge is 0.456 e. The number of furan rings is 1. The second-order valence-corrected chi connectivity index (χ2v) is 13.7. The Labute approximate surface area is 313 Å². The average Bonchev–Trinajstić information content (AvgIpc) is 3.62. The molecule has 4 nitrogen and oxygen atoms in total. The highest BCUT2D eigenvalue weighted by atomic mass is 16.3. The minimum Gasteiger partial charge on any atom is -0.456 e. The van der Waals surface area contributed by atoms with Crippen molar-refractivity contribution in [1.82, 2.24) is 15.0 Å². The highest BCUT2D eigenvalue weighted by molar-refractivity contribution is 6.13. The van der Waals surface area contributed by atoms with Gasteiger partial charge in [-0.3, -0.25) is 0 Å². The molecule has 254 valence electrons. The van der Waals surface area contributed by atoms with Gasteiger partial charge in [0, 0.05) is 27.5 Å². The van der Waals surface area contributed by atoms with Gasteiger partial charge in [0.2, 0.25) is 0 Å². The third kappa shape index (κ3) is 5.71. The van der Waals surface area contributed by atoms with Crippen molar-refractivity contribution < 1.29 is 4.42 Å². The summed E-state index contributed by atoms with van der Waals surface area (Å²) in [5.41, 5.74) is 12.6. The molecule has 10 aromatic rings. The molecule has 0 fully saturated rings. The van der Waals surface area contributed by atoms with E-state index in [1.54, 1.807) is 0 Å². The maximum absolute atomic E-state index is 6.52. The predicted molar refractivity (Wildman–Crippen MR) is 222 cm³/mol. The Morgan fingerprint density at radius 3 is 1.54 bits per heavy atom. The van der Waals surface area contributed by atoms with E-state index in [2.05, 4.69) is 146 Å². The summed E-state index contributed by atoms with van der Waals surface area (Å²) in [6, 6.07) is 63.4. The highest BCUT2D eigenvalue weighted by Gasteiger charge is 2.17. The van der Waals surface area contributed by atoms with Gasteiger partial charge in [-0.1, -0.05) is 158 Å². The van der Waals surface area contributed by atoms with Crippen molar-refractivity contribution in [2.75, 3.05) is 0 Å². The topological polar surface area (TPSA) is 51.8 Å². The minimum atomic E-state index is 0.590. The number of fused-ring (bicyclic) bond motifs is 4. The van der Waals surface area contributed by atoms with Crippen LogP contribution in [0.3, 0.4) is 0 Å². The summed E-state index contributed by atoms with van der Waals surface area (Å²) in [6.07, 6.45) is 0. The van der Waals surface area contributed by atoms with E-state index in [-0.39, 0.29) is 0 Å². The lowest BCUT2D eigenvalue weighted by atomic mass is 9.95. The van der Waals surface area contributed by atoms with Crippen LogP contribution in [0.15, 0.2) is 186 Å². The van der Waals surface area contributed by atoms with Gasteiger partial charge in [0.25, 0.3) is 0 Å². The van der Waals surface area contributed by atoms with E-state index < -0.39 is 0 Å². The number of rotatable bonds is 6. The fraction of sp³-hybridized carbons (Fsp3) is 0.0200. The molecular weight excluding hydrogens is 659 g/mol. The Hall–Kier alpha value is -7.17. The standard InChI is InChI=1S/C50H33N3O/c1-32-29-39-15-8-9-16-40(39)30-44(32)36-23-25-38(26-24-36)49-51-48(37-13-6-3-7-14-37)52-50(53-49)41-27-28-43-46(31-41)54-45-18-10-17-42(47(43)45)35-21-19-34(20-22-35)33-11-4-2-5-12-33/h2-31H,1H3.